The van der Waals surface area contributed by atoms with Crippen LogP contribution in [0.4, 0.5) is 5.69 Å². The van der Waals surface area contributed by atoms with Gasteiger partial charge in [-0.3, -0.25) is 4.79 Å². The van der Waals surface area contributed by atoms with Crippen LogP contribution in [-0.2, 0) is 4.79 Å². The van der Waals surface area contributed by atoms with Crippen molar-refractivity contribution in [1.29, 1.82) is 0 Å². The molecule has 1 N–H and O–H groups in total. The maximum atomic E-state index is 11.2. The molecule has 18 heavy (non-hydrogen) atoms. The van der Waals surface area contributed by atoms with E-state index in [1.807, 2.05) is 7.05 Å². The Morgan fingerprint density at radius 2 is 1.78 bits per heavy atom. The van der Waals surface area contributed by atoms with E-state index in [0.29, 0.717) is 6.54 Å². The number of carboxylic acid groups (broad SMARTS) is 1. The smallest absolute Gasteiger partial charge is 0.311 e. The predicted octanol–water partition coefficient (Wildman–Crippen LogP) is 2.91. The van der Waals surface area contributed by atoms with Crippen LogP contribution >= 0.6 is 0 Å². The van der Waals surface area contributed by atoms with E-state index in [1.54, 1.807) is 0 Å². The van der Waals surface area contributed by atoms with E-state index in [9.17, 15) is 9.90 Å². The molecule has 1 aromatic rings. The molecule has 1 aliphatic rings. The minimum atomic E-state index is -0.656. The van der Waals surface area contributed by atoms with E-state index in [4.69, 9.17) is 0 Å². The summed E-state index contributed by atoms with van der Waals surface area (Å²) in [6, 6.07) is 4.30. The van der Waals surface area contributed by atoms with Gasteiger partial charge in [-0.05, 0) is 44.7 Å². The van der Waals surface area contributed by atoms with Crippen molar-refractivity contribution in [2.24, 2.45) is 5.41 Å². The van der Waals surface area contributed by atoms with Crippen LogP contribution in [0.1, 0.15) is 29.5 Å². The molecular formula is C15H21NO2. The number of aryl methyl sites for hydroxylation is 3. The molecule has 0 radical (unpaired) electrons. The summed E-state index contributed by atoms with van der Waals surface area (Å²) < 4.78 is 0. The van der Waals surface area contributed by atoms with Gasteiger partial charge in [-0.25, -0.2) is 0 Å². The fourth-order valence-electron chi connectivity index (χ4n) is 2.90. The lowest BCUT2D eigenvalue weighted by molar-refractivity contribution is -0.142. The average molecular weight is 247 g/mol. The highest BCUT2D eigenvalue weighted by molar-refractivity contribution is 5.79. The maximum Gasteiger partial charge on any atom is 0.311 e. The second-order valence-corrected chi connectivity index (χ2v) is 5.69. The fourth-order valence-corrected chi connectivity index (χ4v) is 2.90. The SMILES string of the molecule is Cc1cc(C)c(N(C)CC2(C(=O)O)CC2)c(C)c1. The summed E-state index contributed by atoms with van der Waals surface area (Å²) in [6.07, 6.45) is 1.60. The Hall–Kier alpha value is -1.51. The molecule has 1 fully saturated rings. The monoisotopic (exact) mass is 247 g/mol. The lowest BCUT2D eigenvalue weighted by atomic mass is 10.0. The highest BCUT2D eigenvalue weighted by Crippen LogP contribution is 2.47. The normalized spacial score (nSPS) is 16.4. The van der Waals surface area contributed by atoms with Gasteiger partial charge in [0.1, 0.15) is 0 Å². The van der Waals surface area contributed by atoms with Gasteiger partial charge in [0.15, 0.2) is 0 Å². The van der Waals surface area contributed by atoms with Gasteiger partial charge in [0.05, 0.1) is 5.41 Å². The zero-order valence-corrected chi connectivity index (χ0v) is 11.6. The lowest BCUT2D eigenvalue weighted by Gasteiger charge is -2.27. The number of hydrogen-bond donors (Lipinski definition) is 1. The predicted molar refractivity (Wildman–Crippen MR) is 73.2 cm³/mol. The molecule has 0 spiro atoms. The van der Waals surface area contributed by atoms with Crippen LogP contribution < -0.4 is 4.90 Å². The number of benzene rings is 1. The number of anilines is 1. The minimum Gasteiger partial charge on any atom is -0.481 e. The van der Waals surface area contributed by atoms with E-state index in [2.05, 4.69) is 37.8 Å². The summed E-state index contributed by atoms with van der Waals surface area (Å²) in [7, 11) is 1.99. The topological polar surface area (TPSA) is 40.5 Å². The van der Waals surface area contributed by atoms with Crippen LogP contribution in [0.15, 0.2) is 12.1 Å². The van der Waals surface area contributed by atoms with Gasteiger partial charge >= 0.3 is 5.97 Å². The molecule has 3 heteroatoms. The van der Waals surface area contributed by atoms with Crippen LogP contribution in [0.2, 0.25) is 0 Å². The summed E-state index contributed by atoms with van der Waals surface area (Å²) in [5, 5.41) is 9.26. The number of nitrogens with zero attached hydrogens (tertiary/aromatic N) is 1. The van der Waals surface area contributed by atoms with Crippen molar-refractivity contribution in [3.05, 3.63) is 28.8 Å². The molecule has 98 valence electrons. The van der Waals surface area contributed by atoms with Crippen molar-refractivity contribution in [2.75, 3.05) is 18.5 Å². The number of carboxylic acids is 1. The van der Waals surface area contributed by atoms with Crippen LogP contribution in [0, 0.1) is 26.2 Å². The largest absolute Gasteiger partial charge is 0.481 e. The number of hydrogen-bond acceptors (Lipinski definition) is 2. The first kappa shape index (κ1) is 12.9. The zero-order chi connectivity index (χ0) is 13.5. The Morgan fingerprint density at radius 3 is 2.17 bits per heavy atom. The van der Waals surface area contributed by atoms with Crippen molar-refractivity contribution in [3.8, 4) is 0 Å². The van der Waals surface area contributed by atoms with Crippen LogP contribution in [0.25, 0.3) is 0 Å². The second-order valence-electron chi connectivity index (χ2n) is 5.69. The Balaban J connectivity index is 2.25. The molecule has 3 nitrogen and oxygen atoms in total. The summed E-state index contributed by atoms with van der Waals surface area (Å²) in [5.41, 5.74) is 4.36. The first-order valence-corrected chi connectivity index (χ1v) is 6.38. The van der Waals surface area contributed by atoms with Gasteiger partial charge < -0.3 is 10.0 Å². The zero-order valence-electron chi connectivity index (χ0n) is 11.6. The van der Waals surface area contributed by atoms with Gasteiger partial charge in [0.2, 0.25) is 0 Å². The molecule has 0 amide bonds. The summed E-state index contributed by atoms with van der Waals surface area (Å²) in [4.78, 5) is 13.4. The second kappa shape index (κ2) is 4.30. The van der Waals surface area contributed by atoms with Gasteiger partial charge in [-0.1, -0.05) is 17.7 Å². The highest BCUT2D eigenvalue weighted by atomic mass is 16.4. The molecule has 1 aliphatic carbocycles. The molecule has 0 aromatic heterocycles. The molecule has 0 aliphatic heterocycles. The van der Waals surface area contributed by atoms with Crippen molar-refractivity contribution in [3.63, 3.8) is 0 Å². The molecule has 1 aromatic carbocycles. The summed E-state index contributed by atoms with van der Waals surface area (Å²) >= 11 is 0. The fraction of sp³-hybridized carbons (Fsp3) is 0.533. The van der Waals surface area contributed by atoms with E-state index in [1.165, 1.54) is 22.4 Å². The molecule has 0 saturated heterocycles. The number of aliphatic carboxylic acids is 1. The van der Waals surface area contributed by atoms with Crippen molar-refractivity contribution < 1.29 is 9.90 Å². The van der Waals surface area contributed by atoms with E-state index in [-0.39, 0.29) is 0 Å². The quantitative estimate of drug-likeness (QED) is 0.889. The molecule has 0 heterocycles. The van der Waals surface area contributed by atoms with Gasteiger partial charge in [0.25, 0.3) is 0 Å². The third kappa shape index (κ3) is 2.22. The Bertz CT molecular complexity index is 466. The first-order valence-electron chi connectivity index (χ1n) is 6.38. The van der Waals surface area contributed by atoms with Crippen molar-refractivity contribution >= 4 is 11.7 Å². The van der Waals surface area contributed by atoms with Gasteiger partial charge in [0, 0.05) is 19.3 Å². The molecule has 0 atom stereocenters. The summed E-state index contributed by atoms with van der Waals surface area (Å²) in [6.45, 7) is 6.87. The van der Waals surface area contributed by atoms with E-state index >= 15 is 0 Å². The summed E-state index contributed by atoms with van der Waals surface area (Å²) in [5.74, 6) is -0.656. The molecular weight excluding hydrogens is 226 g/mol. The highest BCUT2D eigenvalue weighted by Gasteiger charge is 2.51. The number of rotatable bonds is 4. The third-order valence-corrected chi connectivity index (χ3v) is 3.86. The van der Waals surface area contributed by atoms with Crippen molar-refractivity contribution in [2.45, 2.75) is 33.6 Å². The Kier molecular flexibility index (Phi) is 3.09. The molecule has 0 unspecified atom stereocenters. The molecule has 2 rings (SSSR count). The van der Waals surface area contributed by atoms with Gasteiger partial charge in [-0.2, -0.15) is 0 Å². The van der Waals surface area contributed by atoms with Crippen molar-refractivity contribution in [1.82, 2.24) is 0 Å². The van der Waals surface area contributed by atoms with Gasteiger partial charge in [-0.15, -0.1) is 0 Å². The number of carbonyl (C=O) groups is 1. The van der Waals surface area contributed by atoms with Crippen LogP contribution in [-0.4, -0.2) is 24.7 Å². The Morgan fingerprint density at radius 1 is 1.28 bits per heavy atom. The minimum absolute atomic E-state index is 0.501. The first-order chi connectivity index (χ1) is 8.35. The Labute approximate surface area is 108 Å². The van der Waals surface area contributed by atoms with Crippen LogP contribution in [0.5, 0.6) is 0 Å². The third-order valence-electron chi connectivity index (χ3n) is 3.86. The van der Waals surface area contributed by atoms with E-state index in [0.717, 1.165) is 12.8 Å². The standard InChI is InChI=1S/C15H21NO2/c1-10-7-11(2)13(12(3)8-10)16(4)9-15(5-6-15)14(17)18/h7-8H,5-6,9H2,1-4H3,(H,17,18). The lowest BCUT2D eigenvalue weighted by Crippen LogP contribution is -2.32. The molecule has 0 bridgehead atoms. The van der Waals surface area contributed by atoms with Crippen LogP contribution in [0.3, 0.4) is 0 Å². The average Bonchev–Trinajstić information content (AvgIpc) is 2.96. The van der Waals surface area contributed by atoms with E-state index < -0.39 is 11.4 Å². The maximum absolute atomic E-state index is 11.2. The molecule has 1 saturated carbocycles.